The van der Waals surface area contributed by atoms with Gasteiger partial charge in [-0.1, -0.05) is 5.16 Å². The van der Waals surface area contributed by atoms with E-state index in [0.717, 1.165) is 37.6 Å². The van der Waals surface area contributed by atoms with Gasteiger partial charge in [-0.3, -0.25) is 4.90 Å². The SMILES string of the molecule is CC(c1nc(C2CC2)no1)N1CCC(O)CC1. The first-order chi connectivity index (χ1) is 8.24. The molecule has 0 amide bonds. The molecular weight excluding hydrogens is 218 g/mol. The molecule has 2 fully saturated rings. The smallest absolute Gasteiger partial charge is 0.243 e. The van der Waals surface area contributed by atoms with Crippen LogP contribution in [0.1, 0.15) is 56.3 Å². The molecule has 1 aromatic heterocycles. The van der Waals surface area contributed by atoms with Gasteiger partial charge in [0.25, 0.3) is 0 Å². The topological polar surface area (TPSA) is 62.4 Å². The van der Waals surface area contributed by atoms with Crippen molar-refractivity contribution >= 4 is 0 Å². The quantitative estimate of drug-likeness (QED) is 0.862. The second-order valence-corrected chi connectivity index (χ2v) is 5.21. The van der Waals surface area contributed by atoms with E-state index in [-0.39, 0.29) is 12.1 Å². The van der Waals surface area contributed by atoms with Gasteiger partial charge in [0, 0.05) is 19.0 Å². The van der Waals surface area contributed by atoms with Crippen LogP contribution in [-0.4, -0.2) is 39.3 Å². The summed E-state index contributed by atoms with van der Waals surface area (Å²) < 4.78 is 5.34. The number of hydrogen-bond donors (Lipinski definition) is 1. The molecule has 5 heteroatoms. The molecule has 1 saturated carbocycles. The Kier molecular flexibility index (Phi) is 2.88. The van der Waals surface area contributed by atoms with E-state index in [9.17, 15) is 5.11 Å². The van der Waals surface area contributed by atoms with Crippen LogP contribution in [0.4, 0.5) is 0 Å². The molecule has 1 aliphatic carbocycles. The number of aliphatic hydroxyl groups excluding tert-OH is 1. The fourth-order valence-corrected chi connectivity index (χ4v) is 2.35. The summed E-state index contributed by atoms with van der Waals surface area (Å²) in [5, 5.41) is 13.5. The predicted molar refractivity (Wildman–Crippen MR) is 61.5 cm³/mol. The van der Waals surface area contributed by atoms with Crippen molar-refractivity contribution in [2.45, 2.75) is 50.7 Å². The van der Waals surface area contributed by atoms with Crippen LogP contribution in [-0.2, 0) is 0 Å². The lowest BCUT2D eigenvalue weighted by Gasteiger charge is -2.32. The van der Waals surface area contributed by atoms with Gasteiger partial charge in [0.15, 0.2) is 5.82 Å². The lowest BCUT2D eigenvalue weighted by atomic mass is 10.1. The highest BCUT2D eigenvalue weighted by atomic mass is 16.5. The predicted octanol–water partition coefficient (Wildman–Crippen LogP) is 1.46. The maximum Gasteiger partial charge on any atom is 0.243 e. The zero-order chi connectivity index (χ0) is 11.8. The zero-order valence-electron chi connectivity index (χ0n) is 10.2. The van der Waals surface area contributed by atoms with Crippen LogP contribution in [0.15, 0.2) is 4.52 Å². The highest BCUT2D eigenvalue weighted by Gasteiger charge is 2.31. The molecule has 1 unspecified atom stereocenters. The van der Waals surface area contributed by atoms with Crippen molar-refractivity contribution in [3.05, 3.63) is 11.7 Å². The Bertz CT molecular complexity index is 381. The zero-order valence-corrected chi connectivity index (χ0v) is 10.2. The van der Waals surface area contributed by atoms with Gasteiger partial charge in [0.05, 0.1) is 12.1 Å². The van der Waals surface area contributed by atoms with E-state index in [1.54, 1.807) is 0 Å². The van der Waals surface area contributed by atoms with Crippen molar-refractivity contribution in [1.29, 1.82) is 0 Å². The van der Waals surface area contributed by atoms with E-state index in [1.165, 1.54) is 12.8 Å². The Morgan fingerprint density at radius 1 is 1.29 bits per heavy atom. The minimum atomic E-state index is -0.136. The van der Waals surface area contributed by atoms with Crippen molar-refractivity contribution in [1.82, 2.24) is 15.0 Å². The first kappa shape index (κ1) is 11.2. The Hall–Kier alpha value is -0.940. The lowest BCUT2D eigenvalue weighted by molar-refractivity contribution is 0.0564. The average Bonchev–Trinajstić information content (AvgIpc) is 3.07. The summed E-state index contributed by atoms with van der Waals surface area (Å²) >= 11 is 0. The van der Waals surface area contributed by atoms with Crippen LogP contribution in [0.5, 0.6) is 0 Å². The van der Waals surface area contributed by atoms with Crippen molar-refractivity contribution < 1.29 is 9.63 Å². The first-order valence-corrected chi connectivity index (χ1v) is 6.49. The van der Waals surface area contributed by atoms with Crippen LogP contribution in [0.2, 0.25) is 0 Å². The minimum absolute atomic E-state index is 0.136. The summed E-state index contributed by atoms with van der Waals surface area (Å²) in [6, 6.07) is 0.169. The van der Waals surface area contributed by atoms with Gasteiger partial charge in [-0.2, -0.15) is 4.98 Å². The molecule has 1 aromatic rings. The van der Waals surface area contributed by atoms with Gasteiger partial charge in [0.2, 0.25) is 5.89 Å². The highest BCUT2D eigenvalue weighted by Crippen LogP contribution is 2.38. The monoisotopic (exact) mass is 237 g/mol. The van der Waals surface area contributed by atoms with Crippen LogP contribution < -0.4 is 0 Å². The third kappa shape index (κ3) is 2.35. The number of aromatic nitrogens is 2. The molecule has 1 N–H and O–H groups in total. The van der Waals surface area contributed by atoms with Crippen LogP contribution in [0.3, 0.4) is 0 Å². The van der Waals surface area contributed by atoms with E-state index in [4.69, 9.17) is 4.52 Å². The van der Waals surface area contributed by atoms with Crippen LogP contribution in [0, 0.1) is 0 Å². The van der Waals surface area contributed by atoms with Gasteiger partial charge in [-0.05, 0) is 32.6 Å². The van der Waals surface area contributed by atoms with E-state index < -0.39 is 0 Å². The van der Waals surface area contributed by atoms with Crippen molar-refractivity contribution in [2.75, 3.05) is 13.1 Å². The van der Waals surface area contributed by atoms with E-state index in [0.29, 0.717) is 5.92 Å². The molecule has 0 bridgehead atoms. The summed E-state index contributed by atoms with van der Waals surface area (Å²) in [6.45, 7) is 3.91. The minimum Gasteiger partial charge on any atom is -0.393 e. The second-order valence-electron chi connectivity index (χ2n) is 5.21. The van der Waals surface area contributed by atoms with Crippen molar-refractivity contribution in [3.63, 3.8) is 0 Å². The third-order valence-corrected chi connectivity index (χ3v) is 3.80. The molecule has 1 aliphatic heterocycles. The van der Waals surface area contributed by atoms with Gasteiger partial charge in [-0.25, -0.2) is 0 Å². The molecule has 0 aromatic carbocycles. The standard InChI is InChI=1S/C12H19N3O2/c1-8(15-6-4-10(16)5-7-15)12-13-11(14-17-12)9-2-3-9/h8-10,16H,2-7H2,1H3. The Balaban J connectivity index is 1.65. The summed E-state index contributed by atoms with van der Waals surface area (Å²) in [5.41, 5.74) is 0. The van der Waals surface area contributed by atoms with Crippen molar-refractivity contribution in [3.8, 4) is 0 Å². The van der Waals surface area contributed by atoms with E-state index >= 15 is 0 Å². The molecule has 2 heterocycles. The molecule has 94 valence electrons. The van der Waals surface area contributed by atoms with Gasteiger partial charge < -0.3 is 9.63 Å². The Labute approximate surface area is 101 Å². The number of hydrogen-bond acceptors (Lipinski definition) is 5. The summed E-state index contributed by atoms with van der Waals surface area (Å²) in [7, 11) is 0. The molecule has 1 atom stereocenters. The van der Waals surface area contributed by atoms with Crippen LogP contribution >= 0.6 is 0 Å². The molecule has 3 rings (SSSR count). The molecule has 2 aliphatic rings. The maximum atomic E-state index is 9.49. The third-order valence-electron chi connectivity index (χ3n) is 3.80. The number of piperidine rings is 1. The number of rotatable bonds is 3. The summed E-state index contributed by atoms with van der Waals surface area (Å²) in [4.78, 5) is 6.79. The summed E-state index contributed by atoms with van der Waals surface area (Å²) in [5.74, 6) is 2.15. The molecule has 17 heavy (non-hydrogen) atoms. The lowest BCUT2D eigenvalue weighted by Crippen LogP contribution is -2.37. The fraction of sp³-hybridized carbons (Fsp3) is 0.833. The number of nitrogens with zero attached hydrogens (tertiary/aromatic N) is 3. The molecule has 5 nitrogen and oxygen atoms in total. The molecule has 0 spiro atoms. The Morgan fingerprint density at radius 3 is 2.65 bits per heavy atom. The van der Waals surface area contributed by atoms with Gasteiger partial charge in [-0.15, -0.1) is 0 Å². The molecular formula is C12H19N3O2. The van der Waals surface area contributed by atoms with Gasteiger partial charge >= 0.3 is 0 Å². The first-order valence-electron chi connectivity index (χ1n) is 6.49. The van der Waals surface area contributed by atoms with Crippen molar-refractivity contribution in [2.24, 2.45) is 0 Å². The van der Waals surface area contributed by atoms with Crippen LogP contribution in [0.25, 0.3) is 0 Å². The summed E-state index contributed by atoms with van der Waals surface area (Å²) in [6.07, 6.45) is 3.94. The van der Waals surface area contributed by atoms with Gasteiger partial charge in [0.1, 0.15) is 0 Å². The fourth-order valence-electron chi connectivity index (χ4n) is 2.35. The largest absolute Gasteiger partial charge is 0.393 e. The van der Waals surface area contributed by atoms with E-state index in [1.807, 2.05) is 0 Å². The Morgan fingerprint density at radius 2 is 2.00 bits per heavy atom. The molecule has 0 radical (unpaired) electrons. The number of likely N-dealkylation sites (tertiary alicyclic amines) is 1. The number of aliphatic hydroxyl groups is 1. The van der Waals surface area contributed by atoms with E-state index in [2.05, 4.69) is 22.0 Å². The molecule has 1 saturated heterocycles. The highest BCUT2D eigenvalue weighted by molar-refractivity contribution is 5.04. The second kappa shape index (κ2) is 4.38. The average molecular weight is 237 g/mol. The normalized spacial score (nSPS) is 25.1. The maximum absolute atomic E-state index is 9.49.